The van der Waals surface area contributed by atoms with E-state index in [-0.39, 0.29) is 5.41 Å². The zero-order valence-corrected chi connectivity index (χ0v) is 48.0. The van der Waals surface area contributed by atoms with E-state index in [9.17, 15) is 0 Å². The van der Waals surface area contributed by atoms with Crippen molar-refractivity contribution >= 4 is 49.2 Å². The van der Waals surface area contributed by atoms with Crippen molar-refractivity contribution in [3.8, 4) is 90.0 Å². The highest BCUT2D eigenvalue weighted by Gasteiger charge is 2.27. The maximum absolute atomic E-state index is 5.31. The molecule has 410 valence electrons. The average Bonchev–Trinajstić information content (AvgIpc) is 1.82. The van der Waals surface area contributed by atoms with E-state index in [0.29, 0.717) is 17.5 Å². The molecule has 12 aromatic carbocycles. The van der Waals surface area contributed by atoms with Gasteiger partial charge in [-0.25, -0.2) is 15.0 Å². The fraction of sp³-hybridized carbons (Fsp3) is 0.0366. The van der Waals surface area contributed by atoms with E-state index in [2.05, 4.69) is 313 Å². The number of hydrogen-bond acceptors (Lipinski definition) is 3. The molecule has 0 radical (unpaired) electrons. The van der Waals surface area contributed by atoms with Crippen LogP contribution >= 0.6 is 0 Å². The van der Waals surface area contributed by atoms with Gasteiger partial charge in [0.05, 0.1) is 33.4 Å². The molecular formula is C82H57N5. The molecule has 1 atom stereocenters. The summed E-state index contributed by atoms with van der Waals surface area (Å²) in [6.45, 7) is 2.35. The van der Waals surface area contributed by atoms with Gasteiger partial charge >= 0.3 is 0 Å². The number of allylic oxidation sites excluding steroid dienone is 4. The lowest BCUT2D eigenvalue weighted by Gasteiger charge is -2.29. The van der Waals surface area contributed by atoms with E-state index >= 15 is 0 Å². The molecule has 0 saturated carbocycles. The summed E-state index contributed by atoms with van der Waals surface area (Å²) < 4.78 is 4.85. The van der Waals surface area contributed by atoms with Crippen LogP contribution in [0.2, 0.25) is 0 Å². The van der Waals surface area contributed by atoms with E-state index in [0.717, 1.165) is 78.9 Å². The zero-order valence-electron chi connectivity index (χ0n) is 48.0. The van der Waals surface area contributed by atoms with Crippen molar-refractivity contribution in [2.24, 2.45) is 0 Å². The largest absolute Gasteiger partial charge is 0.309 e. The molecular weight excluding hydrogens is 1050 g/mol. The molecule has 3 heterocycles. The quantitative estimate of drug-likeness (QED) is 0.130. The third-order valence-electron chi connectivity index (χ3n) is 17.6. The van der Waals surface area contributed by atoms with Gasteiger partial charge in [-0.15, -0.1) is 0 Å². The Kier molecular flexibility index (Phi) is 12.6. The summed E-state index contributed by atoms with van der Waals surface area (Å²) in [5.74, 6) is 1.81. The zero-order chi connectivity index (χ0) is 57.8. The Morgan fingerprint density at radius 3 is 1.13 bits per heavy atom. The second kappa shape index (κ2) is 21.4. The second-order valence-electron chi connectivity index (χ2n) is 23.0. The van der Waals surface area contributed by atoms with Gasteiger partial charge in [0.2, 0.25) is 0 Å². The lowest BCUT2D eigenvalue weighted by Crippen LogP contribution is -2.20. The molecule has 1 unspecified atom stereocenters. The number of para-hydroxylation sites is 4. The summed E-state index contributed by atoms with van der Waals surface area (Å²) in [7, 11) is 0. The first-order valence-electron chi connectivity index (χ1n) is 29.9. The van der Waals surface area contributed by atoms with Crippen LogP contribution in [0.3, 0.4) is 0 Å². The minimum Gasteiger partial charge on any atom is -0.309 e. The van der Waals surface area contributed by atoms with Crippen molar-refractivity contribution in [1.29, 1.82) is 0 Å². The molecule has 16 rings (SSSR count). The Morgan fingerprint density at radius 1 is 0.299 bits per heavy atom. The predicted octanol–water partition coefficient (Wildman–Crippen LogP) is 21.0. The van der Waals surface area contributed by atoms with Crippen molar-refractivity contribution in [2.75, 3.05) is 0 Å². The van der Waals surface area contributed by atoms with Crippen LogP contribution in [0.15, 0.2) is 315 Å². The molecule has 5 heteroatoms. The number of rotatable bonds is 11. The number of aromatic nitrogens is 5. The fourth-order valence-corrected chi connectivity index (χ4v) is 13.2. The third-order valence-corrected chi connectivity index (χ3v) is 17.6. The normalized spacial score (nSPS) is 14.1. The van der Waals surface area contributed by atoms with Gasteiger partial charge in [-0.3, -0.25) is 0 Å². The summed E-state index contributed by atoms with van der Waals surface area (Å²) in [4.78, 5) is 15.7. The highest BCUT2D eigenvalue weighted by atomic mass is 15.0. The first kappa shape index (κ1) is 51.4. The first-order chi connectivity index (χ1) is 43.0. The molecule has 0 spiro atoms. The number of benzene rings is 12. The Balaban J connectivity index is 0.809. The monoisotopic (exact) mass is 1110 g/mol. The summed E-state index contributed by atoms with van der Waals surface area (Å²) in [6.07, 6.45) is 8.01. The topological polar surface area (TPSA) is 48.5 Å². The van der Waals surface area contributed by atoms with Gasteiger partial charge in [-0.2, -0.15) is 0 Å². The van der Waals surface area contributed by atoms with Crippen LogP contribution in [0, 0.1) is 0 Å². The van der Waals surface area contributed by atoms with Crippen LogP contribution in [0.5, 0.6) is 0 Å². The van der Waals surface area contributed by atoms with Gasteiger partial charge in [-0.05, 0) is 111 Å². The highest BCUT2D eigenvalue weighted by molar-refractivity contribution is 6.11. The minimum absolute atomic E-state index is 0.136. The molecule has 15 aromatic rings. The molecule has 0 bridgehead atoms. The summed E-state index contributed by atoms with van der Waals surface area (Å²) in [5, 5.41) is 4.89. The Labute approximate surface area is 505 Å². The first-order valence-corrected chi connectivity index (χ1v) is 29.9. The second-order valence-corrected chi connectivity index (χ2v) is 23.0. The van der Waals surface area contributed by atoms with E-state index < -0.39 is 0 Å². The molecule has 0 amide bonds. The number of nitrogens with zero attached hydrogens (tertiary/aromatic N) is 5. The summed E-state index contributed by atoms with van der Waals surface area (Å²) in [6, 6.07) is 107. The third kappa shape index (κ3) is 9.25. The van der Waals surface area contributed by atoms with Gasteiger partial charge < -0.3 is 9.13 Å². The molecule has 3 aromatic heterocycles. The maximum Gasteiger partial charge on any atom is 0.164 e. The lowest BCUT2D eigenvalue weighted by molar-refractivity contribution is 0.602. The van der Waals surface area contributed by atoms with Crippen molar-refractivity contribution in [3.05, 3.63) is 327 Å². The molecule has 1 aliphatic carbocycles. The molecule has 1 aliphatic rings. The molecule has 0 saturated heterocycles. The minimum atomic E-state index is -0.136. The van der Waals surface area contributed by atoms with Crippen LogP contribution in [0.25, 0.3) is 139 Å². The van der Waals surface area contributed by atoms with Crippen LogP contribution in [-0.2, 0) is 5.41 Å². The van der Waals surface area contributed by atoms with Crippen molar-refractivity contribution in [2.45, 2.75) is 18.8 Å². The Hall–Kier alpha value is -11.3. The maximum atomic E-state index is 5.31. The van der Waals surface area contributed by atoms with E-state index in [4.69, 9.17) is 15.0 Å². The fourth-order valence-electron chi connectivity index (χ4n) is 13.2. The molecule has 0 fully saturated rings. The Bertz CT molecular complexity index is 5060. The molecule has 0 N–H and O–H groups in total. The summed E-state index contributed by atoms with van der Waals surface area (Å²) in [5.41, 5.74) is 22.2. The Morgan fingerprint density at radius 2 is 0.644 bits per heavy atom. The smallest absolute Gasteiger partial charge is 0.164 e. The number of fused-ring (bicyclic) bond motifs is 6. The lowest BCUT2D eigenvalue weighted by atomic mass is 9.74. The molecule has 87 heavy (non-hydrogen) atoms. The van der Waals surface area contributed by atoms with Gasteiger partial charge in [-0.1, -0.05) is 268 Å². The van der Waals surface area contributed by atoms with Gasteiger partial charge in [0.1, 0.15) is 0 Å². The van der Waals surface area contributed by atoms with Crippen molar-refractivity contribution in [1.82, 2.24) is 24.1 Å². The van der Waals surface area contributed by atoms with E-state index in [1.165, 1.54) is 60.4 Å². The van der Waals surface area contributed by atoms with Gasteiger partial charge in [0, 0.05) is 54.8 Å². The SMILES string of the molecule is CC1(c2ccccc2)C=C(c2ccc(-n3c4ccccc4c4ccccc43)c(-c3ccc(-c4nc(-c5ccccc5)nc(-c5ccc(-c6cc(-c7cccc(-c8ccccc8)c7)ccc6-n6c7ccccc7c7ccccc76)cc5)n4)cc3)c2)C=CC1. The molecule has 5 nitrogen and oxygen atoms in total. The van der Waals surface area contributed by atoms with Crippen LogP contribution in [0.1, 0.15) is 24.5 Å². The average molecular weight is 1110 g/mol. The summed E-state index contributed by atoms with van der Waals surface area (Å²) >= 11 is 0. The standard InChI is InChI=1S/C82H57N5/c1-82(66-28-9-4-10-29-66)50-20-27-65(54-82)64-47-49-78(87-75-36-17-13-32-69(75)70-33-14-18-37-76(70)87)72(53-64)57-40-44-60(45-41-57)81-84-79(58-23-7-3-8-24-58)83-80(85-81)59-42-38-56(39-43-59)71-52-63(62-26-19-25-61(51-62)55-21-5-2-6-22-55)46-48-77(71)86-73-34-15-11-30-67(73)68-31-12-16-35-74(68)86/h2-49,51-54H,50H2,1H3. The predicted molar refractivity (Wildman–Crippen MR) is 362 cm³/mol. The van der Waals surface area contributed by atoms with E-state index in [1.54, 1.807) is 0 Å². The van der Waals surface area contributed by atoms with Crippen molar-refractivity contribution in [3.63, 3.8) is 0 Å². The molecule has 0 aliphatic heterocycles. The van der Waals surface area contributed by atoms with Crippen LogP contribution in [0.4, 0.5) is 0 Å². The highest BCUT2D eigenvalue weighted by Crippen LogP contribution is 2.43. The van der Waals surface area contributed by atoms with Crippen LogP contribution < -0.4 is 0 Å². The van der Waals surface area contributed by atoms with E-state index in [1.807, 2.05) is 18.2 Å². The van der Waals surface area contributed by atoms with Crippen molar-refractivity contribution < 1.29 is 0 Å². The number of hydrogen-bond donors (Lipinski definition) is 0. The van der Waals surface area contributed by atoms with Gasteiger partial charge in [0.25, 0.3) is 0 Å². The van der Waals surface area contributed by atoms with Crippen LogP contribution in [-0.4, -0.2) is 24.1 Å². The van der Waals surface area contributed by atoms with Gasteiger partial charge in [0.15, 0.2) is 17.5 Å².